The molecule has 0 saturated carbocycles. The first-order valence-corrected chi connectivity index (χ1v) is 23.9. The van der Waals surface area contributed by atoms with Gasteiger partial charge in [-0.05, 0) is 12.8 Å². The van der Waals surface area contributed by atoms with Gasteiger partial charge in [0.05, 0.1) is 13.1 Å². The Hall–Kier alpha value is -3.00. The van der Waals surface area contributed by atoms with Gasteiger partial charge in [0.15, 0.2) is 0 Å². The van der Waals surface area contributed by atoms with Gasteiger partial charge >= 0.3 is 35.8 Å². The zero-order chi connectivity index (χ0) is 47.8. The Labute approximate surface area is 419 Å². The van der Waals surface area contributed by atoms with E-state index in [2.05, 4.69) is 13.8 Å². The number of aliphatic carboxylic acids is 4. The van der Waals surface area contributed by atoms with Crippen LogP contribution in [0.2, 0.25) is 0 Å². The summed E-state index contributed by atoms with van der Waals surface area (Å²) in [6.07, 6.45) is 25.1. The minimum absolute atomic E-state index is 0. The molecule has 0 bridgehead atoms. The molecule has 0 aromatic rings. The van der Waals surface area contributed by atoms with Crippen molar-refractivity contribution < 1.29 is 108 Å². The molecule has 0 aliphatic heterocycles. The molecule has 0 atom stereocenters. The molecule has 0 fully saturated rings. The van der Waals surface area contributed by atoms with E-state index in [-0.39, 0.29) is 92.2 Å². The third-order valence-electron chi connectivity index (χ3n) is 10.8. The van der Waals surface area contributed by atoms with Crippen molar-refractivity contribution in [3.05, 3.63) is 0 Å². The van der Waals surface area contributed by atoms with Gasteiger partial charge in [-0.3, -0.25) is 48.2 Å². The van der Waals surface area contributed by atoms with Gasteiger partial charge in [-0.1, -0.05) is 142 Å². The Morgan fingerprint density at radius 2 is 0.600 bits per heavy atom. The van der Waals surface area contributed by atoms with Gasteiger partial charge in [0, 0.05) is 79.0 Å². The smallest absolute Gasteiger partial charge is 0.323 e. The van der Waals surface area contributed by atoms with Crippen LogP contribution in [-0.2, 0) is 47.8 Å². The Kier molecular flexibility index (Phi) is 43.0. The third kappa shape index (κ3) is 41.0. The summed E-state index contributed by atoms with van der Waals surface area (Å²) in [4.78, 5) is 102. The molecule has 2 amide bonds. The number of esters is 2. The summed E-state index contributed by atoms with van der Waals surface area (Å²) in [5.41, 5.74) is 0. The van der Waals surface area contributed by atoms with E-state index in [9.17, 15) is 58.8 Å². The van der Waals surface area contributed by atoms with E-state index in [4.69, 9.17) is 9.47 Å². The summed E-state index contributed by atoms with van der Waals surface area (Å²) in [5, 5.41) is 37.3. The molecule has 0 aliphatic carbocycles. The SMILES string of the molecule is CCCCCCCCCCCCCC(=O)OCCN(CCN(CCOC(=O)CCCCCCCCCCCCC)CC(=O)N(CC(=O)O)CC(=O)O)CC(=O)N(CC(=O)O)CC(=O)O.[Gd]. The van der Waals surface area contributed by atoms with Crippen LogP contribution in [0.1, 0.15) is 168 Å². The maximum Gasteiger partial charge on any atom is 0.323 e. The fraction of sp³-hybridized carbons (Fsp3) is 0.826. The van der Waals surface area contributed by atoms with Crippen molar-refractivity contribution in [2.75, 3.05) is 78.7 Å². The van der Waals surface area contributed by atoms with Crippen LogP contribution in [0.5, 0.6) is 0 Å². The number of carbonyl (C=O) groups is 8. The van der Waals surface area contributed by atoms with Gasteiger partial charge in [-0.25, -0.2) is 0 Å². The van der Waals surface area contributed by atoms with Gasteiger partial charge in [-0.2, -0.15) is 0 Å². The van der Waals surface area contributed by atoms with E-state index in [1.165, 1.54) is 99.7 Å². The van der Waals surface area contributed by atoms with Crippen LogP contribution >= 0.6 is 0 Å². The Bertz CT molecular complexity index is 1210. The van der Waals surface area contributed by atoms with E-state index >= 15 is 0 Å². The van der Waals surface area contributed by atoms with Gasteiger partial charge in [0.1, 0.15) is 39.4 Å². The quantitative estimate of drug-likeness (QED) is 0.0399. The Balaban J connectivity index is 0. The summed E-state index contributed by atoms with van der Waals surface area (Å²) in [6.45, 7) is -0.442. The molecule has 0 aromatic carbocycles. The van der Waals surface area contributed by atoms with Crippen LogP contribution in [-0.4, -0.2) is 166 Å². The van der Waals surface area contributed by atoms with Crippen molar-refractivity contribution in [2.45, 2.75) is 168 Å². The molecule has 0 saturated heterocycles. The van der Waals surface area contributed by atoms with Gasteiger partial charge < -0.3 is 39.7 Å². The second-order valence-corrected chi connectivity index (χ2v) is 16.6. The summed E-state index contributed by atoms with van der Waals surface area (Å²) in [6, 6.07) is 0. The second-order valence-electron chi connectivity index (χ2n) is 16.6. The number of carboxylic acids is 4. The molecule has 378 valence electrons. The van der Waals surface area contributed by atoms with E-state index in [0.717, 1.165) is 38.5 Å². The number of carboxylic acid groups (broad SMARTS) is 4. The summed E-state index contributed by atoms with van der Waals surface area (Å²) in [7, 11) is 0. The average molecular weight is 1070 g/mol. The number of hydrogen-bond acceptors (Lipinski definition) is 12. The third-order valence-corrected chi connectivity index (χ3v) is 10.8. The molecule has 18 nitrogen and oxygen atoms in total. The molecule has 0 rings (SSSR count). The molecule has 0 heterocycles. The minimum Gasteiger partial charge on any atom is -0.480 e. The van der Waals surface area contributed by atoms with E-state index in [0.29, 0.717) is 22.6 Å². The standard InChI is InChI=1S/C46H82N4O14.Gd/c1-3-5-7-9-11-13-15-17-19-21-23-25-45(61)63-31-29-47(33-39(51)49(35-41(53)54)36-42(55)56)27-28-48(34-40(52)50(37-43(57)58)38-44(59)60)30-32-64-46(62)26-24-22-20-18-16-14-12-10-8-6-4-2;/h3-38H2,1-2H3,(H,53,54)(H,55,56)(H,57,58)(H,59,60);. The zero-order valence-electron chi connectivity index (χ0n) is 39.5. The summed E-state index contributed by atoms with van der Waals surface area (Å²) >= 11 is 0. The monoisotopic (exact) mass is 1070 g/mol. The fourth-order valence-corrected chi connectivity index (χ4v) is 7.11. The molecule has 19 heteroatoms. The van der Waals surface area contributed by atoms with Crippen LogP contribution < -0.4 is 0 Å². The minimum atomic E-state index is -1.42. The van der Waals surface area contributed by atoms with Crippen LogP contribution in [0, 0.1) is 39.9 Å². The molecular formula is C46H82GdN4O14. The molecule has 0 spiro atoms. The second kappa shape index (κ2) is 43.6. The van der Waals surface area contributed by atoms with Gasteiger partial charge in [0.25, 0.3) is 0 Å². The Morgan fingerprint density at radius 1 is 0.354 bits per heavy atom. The van der Waals surface area contributed by atoms with Crippen molar-refractivity contribution in [3.8, 4) is 0 Å². The van der Waals surface area contributed by atoms with Crippen LogP contribution in [0.4, 0.5) is 0 Å². The number of rotatable bonds is 45. The Morgan fingerprint density at radius 3 is 0.846 bits per heavy atom. The fourth-order valence-electron chi connectivity index (χ4n) is 7.11. The van der Waals surface area contributed by atoms with Gasteiger partial charge in [0.2, 0.25) is 11.8 Å². The van der Waals surface area contributed by atoms with Crippen molar-refractivity contribution in [1.82, 2.24) is 19.6 Å². The first-order valence-electron chi connectivity index (χ1n) is 23.9. The van der Waals surface area contributed by atoms with Crippen molar-refractivity contribution >= 4 is 47.6 Å². The van der Waals surface area contributed by atoms with E-state index in [1.807, 2.05) is 0 Å². The first-order chi connectivity index (χ1) is 30.7. The molecular weight excluding hydrogens is 990 g/mol. The molecule has 0 aliphatic rings. The van der Waals surface area contributed by atoms with Crippen molar-refractivity contribution in [2.24, 2.45) is 0 Å². The van der Waals surface area contributed by atoms with Crippen molar-refractivity contribution in [1.29, 1.82) is 0 Å². The number of unbranched alkanes of at least 4 members (excludes halogenated alkanes) is 20. The molecule has 4 N–H and O–H groups in total. The predicted octanol–water partition coefficient (Wildman–Crippen LogP) is 6.07. The first kappa shape index (κ1) is 64.1. The number of nitrogens with zero attached hydrogens (tertiary/aromatic N) is 4. The largest absolute Gasteiger partial charge is 0.480 e. The van der Waals surface area contributed by atoms with Crippen LogP contribution in [0.3, 0.4) is 0 Å². The maximum atomic E-state index is 13.2. The number of carbonyl (C=O) groups excluding carboxylic acids is 4. The normalized spacial score (nSPS) is 11.0. The average Bonchev–Trinajstić information content (AvgIpc) is 3.22. The van der Waals surface area contributed by atoms with Crippen LogP contribution in [0.15, 0.2) is 0 Å². The predicted molar refractivity (Wildman–Crippen MR) is 241 cm³/mol. The number of ether oxygens (including phenoxy) is 2. The molecule has 0 aromatic heterocycles. The molecule has 0 unspecified atom stereocenters. The van der Waals surface area contributed by atoms with Crippen LogP contribution in [0.25, 0.3) is 0 Å². The number of amides is 2. The molecule has 0 radical (unpaired) electrons. The summed E-state index contributed by atoms with van der Waals surface area (Å²) in [5.74, 6) is -8.21. The zero-order valence-corrected chi connectivity index (χ0v) is 41.7. The van der Waals surface area contributed by atoms with E-state index < -0.39 is 86.9 Å². The molecule has 65 heavy (non-hydrogen) atoms. The maximum absolute atomic E-state index is 13.2. The van der Waals surface area contributed by atoms with Crippen molar-refractivity contribution in [3.63, 3.8) is 0 Å². The number of hydrogen-bond donors (Lipinski definition) is 4. The topological polar surface area (TPSA) is 249 Å². The summed E-state index contributed by atoms with van der Waals surface area (Å²) < 4.78 is 10.9. The van der Waals surface area contributed by atoms with E-state index in [1.54, 1.807) is 0 Å². The van der Waals surface area contributed by atoms with Gasteiger partial charge in [-0.15, -0.1) is 0 Å².